The Morgan fingerprint density at radius 1 is 1.20 bits per heavy atom. The molecule has 0 bridgehead atoms. The van der Waals surface area contributed by atoms with Gasteiger partial charge in [0.05, 0.1) is 17.2 Å². The van der Waals surface area contributed by atoms with E-state index in [-0.39, 0.29) is 17.5 Å². The number of aromatic carboxylic acids is 1. The maximum atomic E-state index is 12.6. The van der Waals surface area contributed by atoms with Crippen molar-refractivity contribution in [1.82, 2.24) is 0 Å². The smallest absolute Gasteiger partial charge is 0.335 e. The van der Waals surface area contributed by atoms with Gasteiger partial charge in [-0.3, -0.25) is 4.79 Å². The first-order valence-corrected chi connectivity index (χ1v) is 7.99. The molecule has 2 N–H and O–H groups in total. The van der Waals surface area contributed by atoms with E-state index in [0.717, 1.165) is 12.1 Å². The van der Waals surface area contributed by atoms with E-state index < -0.39 is 5.97 Å². The lowest BCUT2D eigenvalue weighted by Gasteiger charge is -2.26. The van der Waals surface area contributed by atoms with Crippen LogP contribution in [0.4, 0.5) is 11.4 Å². The summed E-state index contributed by atoms with van der Waals surface area (Å²) in [6.07, 6.45) is 1.57. The molecule has 1 aliphatic rings. The third kappa shape index (κ3) is 3.61. The van der Waals surface area contributed by atoms with Gasteiger partial charge in [0.25, 0.3) is 0 Å². The Bertz CT molecular complexity index is 840. The van der Waals surface area contributed by atoms with Gasteiger partial charge in [0.1, 0.15) is 6.04 Å². The van der Waals surface area contributed by atoms with Gasteiger partial charge in [0, 0.05) is 17.9 Å². The number of rotatable bonds is 4. The molecule has 1 aliphatic heterocycles. The van der Waals surface area contributed by atoms with Crippen LogP contribution in [-0.2, 0) is 4.79 Å². The van der Waals surface area contributed by atoms with Crippen LogP contribution in [0.15, 0.2) is 48.5 Å². The van der Waals surface area contributed by atoms with Crippen LogP contribution in [0.3, 0.4) is 0 Å². The lowest BCUT2D eigenvalue weighted by Crippen LogP contribution is -2.39. The molecule has 1 amide bonds. The highest BCUT2D eigenvalue weighted by Gasteiger charge is 2.31. The molecule has 1 fully saturated rings. The number of hydrogen-bond donors (Lipinski definition) is 2. The first-order valence-electron chi connectivity index (χ1n) is 7.99. The summed E-state index contributed by atoms with van der Waals surface area (Å²) in [6, 6.07) is 15.0. The Morgan fingerprint density at radius 3 is 2.64 bits per heavy atom. The zero-order valence-electron chi connectivity index (χ0n) is 13.5. The third-order valence-corrected chi connectivity index (χ3v) is 4.26. The van der Waals surface area contributed by atoms with Gasteiger partial charge in [-0.05, 0) is 55.3 Å². The minimum atomic E-state index is -0.986. The average molecular weight is 335 g/mol. The first kappa shape index (κ1) is 16.5. The Labute approximate surface area is 145 Å². The van der Waals surface area contributed by atoms with E-state index >= 15 is 0 Å². The second kappa shape index (κ2) is 7.05. The lowest BCUT2D eigenvalue weighted by molar-refractivity contribution is -0.117. The number of carboxylic acid groups (broad SMARTS) is 1. The van der Waals surface area contributed by atoms with Crippen LogP contribution in [0.2, 0.25) is 0 Å². The molecule has 0 unspecified atom stereocenters. The van der Waals surface area contributed by atoms with Gasteiger partial charge in [-0.2, -0.15) is 5.26 Å². The predicted molar refractivity (Wildman–Crippen MR) is 93.6 cm³/mol. The summed E-state index contributed by atoms with van der Waals surface area (Å²) in [4.78, 5) is 25.7. The van der Waals surface area contributed by atoms with E-state index in [1.165, 1.54) is 6.07 Å². The number of amides is 1. The monoisotopic (exact) mass is 335 g/mol. The van der Waals surface area contributed by atoms with E-state index in [9.17, 15) is 9.59 Å². The third-order valence-electron chi connectivity index (χ3n) is 4.26. The summed E-state index contributed by atoms with van der Waals surface area (Å²) in [7, 11) is 0. The molecule has 1 saturated heterocycles. The summed E-state index contributed by atoms with van der Waals surface area (Å²) in [5.41, 5.74) is 2.11. The summed E-state index contributed by atoms with van der Waals surface area (Å²) in [5, 5.41) is 20.8. The Balaban J connectivity index is 1.76. The number of hydrogen-bond acceptors (Lipinski definition) is 4. The molecule has 2 aromatic rings. The van der Waals surface area contributed by atoms with Gasteiger partial charge >= 0.3 is 5.97 Å². The van der Waals surface area contributed by atoms with Crippen molar-refractivity contribution in [1.29, 1.82) is 5.26 Å². The van der Waals surface area contributed by atoms with Crippen molar-refractivity contribution in [2.45, 2.75) is 18.9 Å². The van der Waals surface area contributed by atoms with Crippen LogP contribution in [0.25, 0.3) is 0 Å². The molecule has 1 heterocycles. The Morgan fingerprint density at radius 2 is 1.96 bits per heavy atom. The van der Waals surface area contributed by atoms with Crippen molar-refractivity contribution >= 4 is 23.3 Å². The molecule has 126 valence electrons. The van der Waals surface area contributed by atoms with Crippen molar-refractivity contribution in [3.8, 4) is 6.07 Å². The Kier molecular flexibility index (Phi) is 4.66. The predicted octanol–water partition coefficient (Wildman–Crippen LogP) is 2.86. The zero-order chi connectivity index (χ0) is 17.8. The van der Waals surface area contributed by atoms with Crippen LogP contribution in [0.1, 0.15) is 28.8 Å². The minimum absolute atomic E-state index is 0.136. The molecular weight excluding hydrogens is 318 g/mol. The van der Waals surface area contributed by atoms with Crippen molar-refractivity contribution in [2.24, 2.45) is 0 Å². The highest BCUT2D eigenvalue weighted by Crippen LogP contribution is 2.27. The van der Waals surface area contributed by atoms with Crippen molar-refractivity contribution in [3.05, 3.63) is 59.7 Å². The maximum absolute atomic E-state index is 12.6. The number of carbonyl (C=O) groups is 2. The fourth-order valence-electron chi connectivity index (χ4n) is 3.02. The molecule has 25 heavy (non-hydrogen) atoms. The summed E-state index contributed by atoms with van der Waals surface area (Å²) >= 11 is 0. The molecule has 0 spiro atoms. The number of nitrogens with one attached hydrogen (secondary N) is 1. The minimum Gasteiger partial charge on any atom is -0.478 e. The molecule has 6 heteroatoms. The van der Waals surface area contributed by atoms with Gasteiger partial charge in [0.15, 0.2) is 0 Å². The largest absolute Gasteiger partial charge is 0.478 e. The molecular formula is C19H17N3O3. The van der Waals surface area contributed by atoms with Crippen LogP contribution in [-0.4, -0.2) is 29.6 Å². The lowest BCUT2D eigenvalue weighted by atomic mass is 10.1. The van der Waals surface area contributed by atoms with Crippen molar-refractivity contribution in [2.75, 3.05) is 16.8 Å². The molecule has 1 atom stereocenters. The maximum Gasteiger partial charge on any atom is 0.335 e. The molecule has 3 rings (SSSR count). The van der Waals surface area contributed by atoms with Gasteiger partial charge < -0.3 is 15.3 Å². The number of carboxylic acids is 1. The van der Waals surface area contributed by atoms with E-state index in [1.807, 2.05) is 17.0 Å². The number of carbonyl (C=O) groups excluding carboxylic acids is 1. The standard InChI is InChI=1S/C19H17N3O3/c20-12-13-6-8-15(9-7-13)21-18(23)17-5-2-10-22(17)16-4-1-3-14(11-16)19(24)25/h1,3-4,6-9,11,17H,2,5,10H2,(H,21,23)(H,24,25)/t17-/m1/s1. The fourth-order valence-corrected chi connectivity index (χ4v) is 3.02. The SMILES string of the molecule is N#Cc1ccc(NC(=O)[C@H]2CCCN2c2cccc(C(=O)O)c2)cc1. The Hall–Kier alpha value is -3.33. The second-order valence-electron chi connectivity index (χ2n) is 5.89. The normalized spacial score (nSPS) is 16.3. The molecule has 6 nitrogen and oxygen atoms in total. The van der Waals surface area contributed by atoms with E-state index in [0.29, 0.717) is 24.2 Å². The van der Waals surface area contributed by atoms with Crippen LogP contribution < -0.4 is 10.2 Å². The molecule has 0 aromatic heterocycles. The van der Waals surface area contributed by atoms with Gasteiger partial charge in [-0.15, -0.1) is 0 Å². The topological polar surface area (TPSA) is 93.4 Å². The summed E-state index contributed by atoms with van der Waals surface area (Å²) < 4.78 is 0. The molecule has 0 radical (unpaired) electrons. The average Bonchev–Trinajstić information content (AvgIpc) is 3.12. The van der Waals surface area contributed by atoms with Crippen LogP contribution >= 0.6 is 0 Å². The number of nitrogens with zero attached hydrogens (tertiary/aromatic N) is 2. The number of benzene rings is 2. The first-order chi connectivity index (χ1) is 12.1. The van der Waals surface area contributed by atoms with E-state index in [2.05, 4.69) is 5.32 Å². The highest BCUT2D eigenvalue weighted by atomic mass is 16.4. The highest BCUT2D eigenvalue weighted by molar-refractivity contribution is 5.97. The second-order valence-corrected chi connectivity index (χ2v) is 5.89. The zero-order valence-corrected chi connectivity index (χ0v) is 13.5. The van der Waals surface area contributed by atoms with E-state index in [4.69, 9.17) is 10.4 Å². The van der Waals surface area contributed by atoms with Crippen LogP contribution in [0.5, 0.6) is 0 Å². The molecule has 2 aromatic carbocycles. The van der Waals surface area contributed by atoms with Crippen molar-refractivity contribution < 1.29 is 14.7 Å². The van der Waals surface area contributed by atoms with Crippen LogP contribution in [0, 0.1) is 11.3 Å². The van der Waals surface area contributed by atoms with E-state index in [1.54, 1.807) is 36.4 Å². The summed E-state index contributed by atoms with van der Waals surface area (Å²) in [6.45, 7) is 0.703. The fraction of sp³-hybridized carbons (Fsp3) is 0.211. The van der Waals surface area contributed by atoms with Gasteiger partial charge in [-0.1, -0.05) is 6.07 Å². The van der Waals surface area contributed by atoms with Crippen molar-refractivity contribution in [3.63, 3.8) is 0 Å². The summed E-state index contributed by atoms with van der Waals surface area (Å²) in [5.74, 6) is -1.12. The quantitative estimate of drug-likeness (QED) is 0.896. The number of anilines is 2. The van der Waals surface area contributed by atoms with Gasteiger partial charge in [0.2, 0.25) is 5.91 Å². The molecule has 0 aliphatic carbocycles. The van der Waals surface area contributed by atoms with Gasteiger partial charge in [-0.25, -0.2) is 4.79 Å². The number of nitriles is 1. The molecule has 0 saturated carbocycles.